The van der Waals surface area contributed by atoms with Crippen LogP contribution in [-0.4, -0.2) is 30.6 Å². The van der Waals surface area contributed by atoms with Crippen molar-refractivity contribution in [3.05, 3.63) is 0 Å². The molecule has 0 bridgehead atoms. The fraction of sp³-hybridized carbons (Fsp3) is 1.00. The number of hydrogen-bond acceptors (Lipinski definition) is 2. The molecule has 0 amide bonds. The summed E-state index contributed by atoms with van der Waals surface area (Å²) < 4.78 is 0. The van der Waals surface area contributed by atoms with Gasteiger partial charge in [0.25, 0.3) is 0 Å². The van der Waals surface area contributed by atoms with Crippen LogP contribution in [0.25, 0.3) is 0 Å². The molecule has 90 valence electrons. The molecule has 3 unspecified atom stereocenters. The highest BCUT2D eigenvalue weighted by Gasteiger charge is 2.29. The molecule has 0 aromatic rings. The first-order valence-corrected chi connectivity index (χ1v) is 6.67. The third-order valence-corrected chi connectivity index (χ3v) is 4.01. The zero-order valence-corrected chi connectivity index (χ0v) is 10.7. The van der Waals surface area contributed by atoms with E-state index < -0.39 is 0 Å². The number of hydrogen-bond donors (Lipinski definition) is 1. The predicted molar refractivity (Wildman–Crippen MR) is 66.9 cm³/mol. The lowest BCUT2D eigenvalue weighted by molar-refractivity contribution is 0.175. The normalized spacial score (nSPS) is 26.8. The van der Waals surface area contributed by atoms with Crippen LogP contribution in [0.1, 0.15) is 46.5 Å². The predicted octanol–water partition coefficient (Wildman–Crippen LogP) is 2.48. The highest BCUT2D eigenvalue weighted by Crippen LogP contribution is 2.25. The summed E-state index contributed by atoms with van der Waals surface area (Å²) in [5.41, 5.74) is 5.93. The maximum absolute atomic E-state index is 5.93. The van der Waals surface area contributed by atoms with Crippen LogP contribution in [0.15, 0.2) is 0 Å². The lowest BCUT2D eigenvalue weighted by atomic mass is 9.95. The Morgan fingerprint density at radius 1 is 1.40 bits per heavy atom. The van der Waals surface area contributed by atoms with E-state index >= 15 is 0 Å². The Balaban J connectivity index is 2.44. The summed E-state index contributed by atoms with van der Waals surface area (Å²) in [6, 6.07) is 0.626. The van der Waals surface area contributed by atoms with Crippen LogP contribution in [0.5, 0.6) is 0 Å². The minimum atomic E-state index is 0.626. The quantitative estimate of drug-likeness (QED) is 0.733. The first-order valence-electron chi connectivity index (χ1n) is 6.67. The number of likely N-dealkylation sites (tertiary alicyclic amines) is 1. The standard InChI is InChI=1S/C13H28N2/c1-4-6-11(3)13(9-14)15-8-7-12(5-2)10-15/h11-13H,4-10,14H2,1-3H3. The zero-order valence-electron chi connectivity index (χ0n) is 10.7. The van der Waals surface area contributed by atoms with Crippen LogP contribution >= 0.6 is 0 Å². The molecular weight excluding hydrogens is 184 g/mol. The molecule has 1 rings (SSSR count). The zero-order chi connectivity index (χ0) is 11.3. The minimum absolute atomic E-state index is 0.626. The van der Waals surface area contributed by atoms with Crippen LogP contribution < -0.4 is 5.73 Å². The Bertz CT molecular complexity index is 170. The van der Waals surface area contributed by atoms with Crippen molar-refractivity contribution in [1.29, 1.82) is 0 Å². The second-order valence-corrected chi connectivity index (χ2v) is 5.13. The van der Waals surface area contributed by atoms with Crippen LogP contribution in [0.4, 0.5) is 0 Å². The molecule has 0 aromatic carbocycles. The second-order valence-electron chi connectivity index (χ2n) is 5.13. The molecule has 3 atom stereocenters. The minimum Gasteiger partial charge on any atom is -0.329 e. The third kappa shape index (κ3) is 3.46. The molecule has 2 nitrogen and oxygen atoms in total. The Labute approximate surface area is 95.2 Å². The first-order chi connectivity index (χ1) is 7.22. The molecule has 2 N–H and O–H groups in total. The van der Waals surface area contributed by atoms with Gasteiger partial charge in [-0.2, -0.15) is 0 Å². The molecule has 1 aliphatic rings. The summed E-state index contributed by atoms with van der Waals surface area (Å²) in [5, 5.41) is 0. The summed E-state index contributed by atoms with van der Waals surface area (Å²) in [5.74, 6) is 1.68. The van der Waals surface area contributed by atoms with Gasteiger partial charge in [-0.05, 0) is 31.2 Å². The second kappa shape index (κ2) is 6.49. The van der Waals surface area contributed by atoms with Crippen molar-refractivity contribution < 1.29 is 0 Å². The number of rotatable bonds is 6. The Kier molecular flexibility index (Phi) is 5.62. The van der Waals surface area contributed by atoms with Gasteiger partial charge in [0.2, 0.25) is 0 Å². The van der Waals surface area contributed by atoms with E-state index in [1.54, 1.807) is 0 Å². The highest BCUT2D eigenvalue weighted by molar-refractivity contribution is 4.84. The van der Waals surface area contributed by atoms with E-state index in [0.717, 1.165) is 18.4 Å². The summed E-state index contributed by atoms with van der Waals surface area (Å²) in [4.78, 5) is 2.63. The highest BCUT2D eigenvalue weighted by atomic mass is 15.2. The van der Waals surface area contributed by atoms with Crippen molar-refractivity contribution >= 4 is 0 Å². The van der Waals surface area contributed by atoms with Gasteiger partial charge in [-0.15, -0.1) is 0 Å². The first kappa shape index (κ1) is 13.0. The summed E-state index contributed by atoms with van der Waals surface area (Å²) in [6.07, 6.45) is 5.31. The lowest BCUT2D eigenvalue weighted by Crippen LogP contribution is -2.43. The van der Waals surface area contributed by atoms with Gasteiger partial charge in [-0.25, -0.2) is 0 Å². The van der Waals surface area contributed by atoms with Crippen molar-refractivity contribution in [2.45, 2.75) is 52.5 Å². The topological polar surface area (TPSA) is 29.3 Å². The molecule has 0 aromatic heterocycles. The van der Waals surface area contributed by atoms with Crippen LogP contribution in [0.2, 0.25) is 0 Å². The monoisotopic (exact) mass is 212 g/mol. The maximum Gasteiger partial charge on any atom is 0.0244 e. The van der Waals surface area contributed by atoms with Crippen molar-refractivity contribution in [1.82, 2.24) is 4.90 Å². The molecule has 1 heterocycles. The lowest BCUT2D eigenvalue weighted by Gasteiger charge is -2.31. The van der Waals surface area contributed by atoms with Crippen molar-refractivity contribution in [3.63, 3.8) is 0 Å². The molecule has 1 saturated heterocycles. The van der Waals surface area contributed by atoms with Gasteiger partial charge in [0, 0.05) is 19.1 Å². The Hall–Kier alpha value is -0.0800. The Morgan fingerprint density at radius 2 is 2.13 bits per heavy atom. The van der Waals surface area contributed by atoms with E-state index in [1.165, 1.54) is 38.8 Å². The van der Waals surface area contributed by atoms with Crippen molar-refractivity contribution in [2.24, 2.45) is 17.6 Å². The average molecular weight is 212 g/mol. The van der Waals surface area contributed by atoms with E-state index in [4.69, 9.17) is 5.73 Å². The van der Waals surface area contributed by atoms with Gasteiger partial charge in [-0.3, -0.25) is 4.90 Å². The summed E-state index contributed by atoms with van der Waals surface area (Å²) in [6.45, 7) is 10.3. The van der Waals surface area contributed by atoms with E-state index in [-0.39, 0.29) is 0 Å². The fourth-order valence-corrected chi connectivity index (χ4v) is 2.89. The molecule has 1 aliphatic heterocycles. The van der Waals surface area contributed by atoms with E-state index in [1.807, 2.05) is 0 Å². The van der Waals surface area contributed by atoms with E-state index in [9.17, 15) is 0 Å². The molecule has 2 heteroatoms. The largest absolute Gasteiger partial charge is 0.329 e. The molecular formula is C13H28N2. The average Bonchev–Trinajstić information content (AvgIpc) is 2.68. The van der Waals surface area contributed by atoms with Crippen molar-refractivity contribution in [3.8, 4) is 0 Å². The van der Waals surface area contributed by atoms with Crippen LogP contribution in [-0.2, 0) is 0 Å². The van der Waals surface area contributed by atoms with E-state index in [0.29, 0.717) is 6.04 Å². The number of nitrogens with zero attached hydrogens (tertiary/aromatic N) is 1. The smallest absolute Gasteiger partial charge is 0.0244 e. The van der Waals surface area contributed by atoms with Gasteiger partial charge >= 0.3 is 0 Å². The third-order valence-electron chi connectivity index (χ3n) is 4.01. The molecule has 0 saturated carbocycles. The van der Waals surface area contributed by atoms with Gasteiger partial charge in [0.15, 0.2) is 0 Å². The molecule has 0 aliphatic carbocycles. The van der Waals surface area contributed by atoms with Gasteiger partial charge < -0.3 is 5.73 Å². The molecule has 1 fully saturated rings. The maximum atomic E-state index is 5.93. The summed E-state index contributed by atoms with van der Waals surface area (Å²) >= 11 is 0. The van der Waals surface area contributed by atoms with Crippen molar-refractivity contribution in [2.75, 3.05) is 19.6 Å². The molecule has 0 spiro atoms. The van der Waals surface area contributed by atoms with Crippen LogP contribution in [0, 0.1) is 11.8 Å². The fourth-order valence-electron chi connectivity index (χ4n) is 2.89. The number of nitrogens with two attached hydrogens (primary N) is 1. The van der Waals surface area contributed by atoms with Gasteiger partial charge in [0.05, 0.1) is 0 Å². The molecule has 15 heavy (non-hydrogen) atoms. The summed E-state index contributed by atoms with van der Waals surface area (Å²) in [7, 11) is 0. The SMILES string of the molecule is CCCC(C)C(CN)N1CCC(CC)C1. The van der Waals surface area contributed by atoms with Gasteiger partial charge in [-0.1, -0.05) is 33.6 Å². The molecule has 0 radical (unpaired) electrons. The van der Waals surface area contributed by atoms with Crippen LogP contribution in [0.3, 0.4) is 0 Å². The van der Waals surface area contributed by atoms with Gasteiger partial charge in [0.1, 0.15) is 0 Å². The Morgan fingerprint density at radius 3 is 2.60 bits per heavy atom. The van der Waals surface area contributed by atoms with E-state index in [2.05, 4.69) is 25.7 Å².